The van der Waals surface area contributed by atoms with Gasteiger partial charge in [-0.3, -0.25) is 5.32 Å². The highest BCUT2D eigenvalue weighted by molar-refractivity contribution is 8.13. The number of aliphatic hydroxyl groups excluding tert-OH is 2. The summed E-state index contributed by atoms with van der Waals surface area (Å²) in [6.45, 7) is -0.915. The third-order valence-corrected chi connectivity index (χ3v) is 6.82. The first-order valence-corrected chi connectivity index (χ1v) is 11.6. The van der Waals surface area contributed by atoms with Gasteiger partial charge in [0.05, 0.1) is 23.8 Å². The minimum Gasteiger partial charge on any atom is -0.456 e. The van der Waals surface area contributed by atoms with Crippen LogP contribution in [0.4, 0.5) is 5.69 Å². The first-order valence-electron chi connectivity index (χ1n) is 8.90. The molecule has 0 bridgehead atoms. The molecule has 0 saturated heterocycles. The summed E-state index contributed by atoms with van der Waals surface area (Å²) in [5.41, 5.74) is 1.63. The van der Waals surface area contributed by atoms with Crippen molar-refractivity contribution >= 4 is 54.6 Å². The molecule has 3 rings (SSSR count). The number of nitriles is 1. The van der Waals surface area contributed by atoms with E-state index in [4.69, 9.17) is 19.9 Å². The van der Waals surface area contributed by atoms with Crippen molar-refractivity contribution in [3.05, 3.63) is 36.4 Å². The number of hydrogen-bond donors (Lipinski definition) is 3. The van der Waals surface area contributed by atoms with Crippen LogP contribution in [0.5, 0.6) is 0 Å². The predicted molar refractivity (Wildman–Crippen MR) is 116 cm³/mol. The number of nitrogens with zero attached hydrogens (tertiary/aromatic N) is 3. The first-order chi connectivity index (χ1) is 14.4. The molecular formula is C19H20N4O5S2. The van der Waals surface area contributed by atoms with Gasteiger partial charge in [-0.15, -0.1) is 0 Å². The standard InChI is InChI=1S/C19H20N4O5S2/c1-29-19(21-12-20)22-13-2-4-15-16-11-14(3-5-17(16)28-18(15)10-13)30(26,27)23(6-8-24)7-9-25/h2-5,10-11,24-25H,6-9H2,1H3,(H,21,22). The van der Waals surface area contributed by atoms with Crippen molar-refractivity contribution in [1.29, 1.82) is 5.26 Å². The number of fused-ring (bicyclic) bond motifs is 3. The van der Waals surface area contributed by atoms with Crippen LogP contribution >= 0.6 is 11.8 Å². The van der Waals surface area contributed by atoms with Gasteiger partial charge in [0.1, 0.15) is 11.2 Å². The Morgan fingerprint density at radius 3 is 2.53 bits per heavy atom. The molecule has 30 heavy (non-hydrogen) atoms. The Balaban J connectivity index is 2.06. The maximum Gasteiger partial charge on any atom is 0.243 e. The van der Waals surface area contributed by atoms with Crippen LogP contribution in [0.15, 0.2) is 50.7 Å². The Morgan fingerprint density at radius 1 is 1.17 bits per heavy atom. The minimum atomic E-state index is -3.89. The Labute approximate surface area is 177 Å². The molecule has 158 valence electrons. The van der Waals surface area contributed by atoms with Crippen LogP contribution in [-0.2, 0) is 10.0 Å². The molecular weight excluding hydrogens is 428 g/mol. The SMILES string of the molecule is CSC(=Nc1ccc2c(c1)oc1ccc(S(=O)(=O)N(CCO)CCO)cc12)NC#N. The van der Waals surface area contributed by atoms with E-state index in [1.165, 1.54) is 23.9 Å². The van der Waals surface area contributed by atoms with Crippen molar-refractivity contribution in [3.63, 3.8) is 0 Å². The van der Waals surface area contributed by atoms with Gasteiger partial charge in [-0.1, -0.05) is 11.8 Å². The zero-order valence-corrected chi connectivity index (χ0v) is 17.7. The van der Waals surface area contributed by atoms with Crippen LogP contribution in [0.2, 0.25) is 0 Å². The van der Waals surface area contributed by atoms with Crippen molar-refractivity contribution in [2.45, 2.75) is 4.90 Å². The molecule has 0 radical (unpaired) electrons. The number of hydrogen-bond acceptors (Lipinski definition) is 8. The quantitative estimate of drug-likeness (QED) is 0.216. The molecule has 0 aliphatic heterocycles. The van der Waals surface area contributed by atoms with Crippen molar-refractivity contribution < 1.29 is 23.0 Å². The van der Waals surface area contributed by atoms with Gasteiger partial charge in [-0.25, -0.2) is 13.4 Å². The van der Waals surface area contributed by atoms with Gasteiger partial charge in [0.15, 0.2) is 11.4 Å². The van der Waals surface area contributed by atoms with E-state index >= 15 is 0 Å². The van der Waals surface area contributed by atoms with Gasteiger partial charge < -0.3 is 14.6 Å². The largest absolute Gasteiger partial charge is 0.456 e. The molecule has 0 aliphatic carbocycles. The average molecular weight is 449 g/mol. The molecule has 1 aromatic heterocycles. The summed E-state index contributed by atoms with van der Waals surface area (Å²) in [6.07, 6.45) is 3.62. The van der Waals surface area contributed by atoms with E-state index < -0.39 is 10.0 Å². The normalized spacial score (nSPS) is 12.6. The van der Waals surface area contributed by atoms with Crippen LogP contribution in [0.1, 0.15) is 0 Å². The average Bonchev–Trinajstić information content (AvgIpc) is 3.10. The van der Waals surface area contributed by atoms with E-state index in [9.17, 15) is 8.42 Å². The Hall–Kier alpha value is -2.62. The van der Waals surface area contributed by atoms with E-state index in [2.05, 4.69) is 10.3 Å². The molecule has 0 saturated carbocycles. The monoisotopic (exact) mass is 448 g/mol. The maximum absolute atomic E-state index is 12.9. The van der Waals surface area contributed by atoms with Crippen molar-refractivity contribution in [2.24, 2.45) is 4.99 Å². The lowest BCUT2D eigenvalue weighted by molar-refractivity contribution is 0.217. The Bertz CT molecular complexity index is 1220. The summed E-state index contributed by atoms with van der Waals surface area (Å²) in [5.74, 6) is 0. The number of aliphatic hydroxyl groups is 2. The Kier molecular flexibility index (Phi) is 6.96. The summed E-state index contributed by atoms with van der Waals surface area (Å²) in [7, 11) is -3.89. The van der Waals surface area contributed by atoms with Crippen molar-refractivity contribution in [1.82, 2.24) is 9.62 Å². The minimum absolute atomic E-state index is 0.0459. The number of furan rings is 1. The fourth-order valence-electron chi connectivity index (χ4n) is 2.99. The molecule has 11 heteroatoms. The summed E-state index contributed by atoms with van der Waals surface area (Å²) >= 11 is 1.29. The van der Waals surface area contributed by atoms with E-state index in [0.717, 1.165) is 9.69 Å². The van der Waals surface area contributed by atoms with Crippen LogP contribution in [0, 0.1) is 11.5 Å². The maximum atomic E-state index is 12.9. The fraction of sp³-hybridized carbons (Fsp3) is 0.263. The predicted octanol–water partition coefficient (Wildman–Crippen LogP) is 1.98. The second-order valence-electron chi connectivity index (χ2n) is 6.15. The number of aliphatic imine (C=N–C) groups is 1. The van der Waals surface area contributed by atoms with Crippen LogP contribution in [-0.4, -0.2) is 60.7 Å². The van der Waals surface area contributed by atoms with E-state index in [0.29, 0.717) is 27.4 Å². The van der Waals surface area contributed by atoms with Gasteiger partial charge in [-0.2, -0.15) is 9.57 Å². The van der Waals surface area contributed by atoms with E-state index in [1.54, 1.807) is 30.5 Å². The molecule has 0 amide bonds. The second kappa shape index (κ2) is 9.46. The first kappa shape index (κ1) is 22.1. The molecule has 1 heterocycles. The highest BCUT2D eigenvalue weighted by Gasteiger charge is 2.24. The summed E-state index contributed by atoms with van der Waals surface area (Å²) in [6, 6.07) is 9.77. The lowest BCUT2D eigenvalue weighted by Gasteiger charge is -2.20. The molecule has 3 N–H and O–H groups in total. The van der Waals surface area contributed by atoms with Gasteiger partial charge in [0.2, 0.25) is 10.0 Å². The van der Waals surface area contributed by atoms with Crippen LogP contribution in [0.25, 0.3) is 21.9 Å². The van der Waals surface area contributed by atoms with Crippen LogP contribution < -0.4 is 5.32 Å². The molecule has 0 spiro atoms. The van der Waals surface area contributed by atoms with Crippen molar-refractivity contribution in [2.75, 3.05) is 32.6 Å². The zero-order valence-electron chi connectivity index (χ0n) is 16.1. The van der Waals surface area contributed by atoms with Gasteiger partial charge >= 0.3 is 0 Å². The second-order valence-corrected chi connectivity index (χ2v) is 8.88. The third-order valence-electron chi connectivity index (χ3n) is 4.35. The van der Waals surface area contributed by atoms with Gasteiger partial charge in [0.25, 0.3) is 0 Å². The Morgan fingerprint density at radius 2 is 1.90 bits per heavy atom. The lowest BCUT2D eigenvalue weighted by Crippen LogP contribution is -2.35. The highest BCUT2D eigenvalue weighted by Crippen LogP contribution is 2.33. The molecule has 0 unspecified atom stereocenters. The highest BCUT2D eigenvalue weighted by atomic mass is 32.2. The number of sulfonamides is 1. The number of benzene rings is 2. The molecule has 0 atom stereocenters. The molecule has 3 aromatic rings. The lowest BCUT2D eigenvalue weighted by atomic mass is 10.1. The smallest absolute Gasteiger partial charge is 0.243 e. The molecule has 0 fully saturated rings. The fourth-order valence-corrected chi connectivity index (χ4v) is 4.78. The number of rotatable bonds is 7. The molecule has 0 aliphatic rings. The van der Waals surface area contributed by atoms with Crippen molar-refractivity contribution in [3.8, 4) is 6.19 Å². The summed E-state index contributed by atoms with van der Waals surface area (Å²) in [5, 5.41) is 31.3. The molecule has 9 nitrogen and oxygen atoms in total. The topological polar surface area (TPSA) is 139 Å². The molecule has 2 aromatic carbocycles. The van der Waals surface area contributed by atoms with E-state index in [1.807, 2.05) is 6.19 Å². The third kappa shape index (κ3) is 4.43. The number of nitrogens with one attached hydrogen (secondary N) is 1. The van der Waals surface area contributed by atoms with Gasteiger partial charge in [-0.05, 0) is 36.6 Å². The number of amidine groups is 1. The van der Waals surface area contributed by atoms with E-state index in [-0.39, 0.29) is 31.2 Å². The van der Waals surface area contributed by atoms with Gasteiger partial charge in [0, 0.05) is 29.9 Å². The number of thioether (sulfide) groups is 1. The zero-order chi connectivity index (χ0) is 21.7. The summed E-state index contributed by atoms with van der Waals surface area (Å²) in [4.78, 5) is 4.39. The van der Waals surface area contributed by atoms with Crippen LogP contribution in [0.3, 0.4) is 0 Å². The summed E-state index contributed by atoms with van der Waals surface area (Å²) < 4.78 is 32.7.